The summed E-state index contributed by atoms with van der Waals surface area (Å²) in [6, 6.07) is 10.7. The van der Waals surface area contributed by atoms with Crippen molar-refractivity contribution in [1.29, 1.82) is 0 Å². The predicted octanol–water partition coefficient (Wildman–Crippen LogP) is 4.00. The van der Waals surface area contributed by atoms with Crippen LogP contribution in [0, 0.1) is 6.08 Å². The minimum atomic E-state index is 0. The summed E-state index contributed by atoms with van der Waals surface area (Å²) in [7, 11) is 0. The Kier molecular flexibility index (Phi) is 11.7. The van der Waals surface area contributed by atoms with E-state index in [1.165, 1.54) is 30.4 Å². The van der Waals surface area contributed by atoms with Crippen molar-refractivity contribution in [3.63, 3.8) is 0 Å². The van der Waals surface area contributed by atoms with Crippen molar-refractivity contribution < 1.29 is 35.6 Å². The Morgan fingerprint density at radius 1 is 1.00 bits per heavy atom. The van der Waals surface area contributed by atoms with Gasteiger partial charge in [0.1, 0.15) is 0 Å². The Hall–Kier alpha value is -0.557. The zero-order valence-electron chi connectivity index (χ0n) is 9.69. The summed E-state index contributed by atoms with van der Waals surface area (Å²) >= 11 is 0. The van der Waals surface area contributed by atoms with E-state index in [1.54, 1.807) is 0 Å². The van der Waals surface area contributed by atoms with E-state index in [0.29, 0.717) is 0 Å². The number of hydrogen-bond donors (Lipinski definition) is 0. The molecule has 0 saturated heterocycles. The minimum Gasteiger partial charge on any atom is -0.269 e. The molecule has 1 aromatic rings. The summed E-state index contributed by atoms with van der Waals surface area (Å²) in [5.74, 6) is 0. The quantitative estimate of drug-likeness (QED) is 0.737. The zero-order valence-corrected chi connectivity index (χ0v) is 12.1. The summed E-state index contributed by atoms with van der Waals surface area (Å²) in [6.45, 7) is 0. The molecule has 0 nitrogen and oxygen atoms in total. The maximum atomic E-state index is 3.35. The molecule has 0 aliphatic heterocycles. The number of hydrogen-bond acceptors (Lipinski definition) is 0. The summed E-state index contributed by atoms with van der Waals surface area (Å²) in [4.78, 5) is 0. The van der Waals surface area contributed by atoms with Gasteiger partial charge in [-0.2, -0.15) is 6.08 Å². The van der Waals surface area contributed by atoms with Gasteiger partial charge in [0.2, 0.25) is 0 Å². The maximum Gasteiger partial charge on any atom is 0 e. The van der Waals surface area contributed by atoms with Crippen molar-refractivity contribution in [2.45, 2.75) is 25.7 Å². The van der Waals surface area contributed by atoms with Gasteiger partial charge in [0.25, 0.3) is 0 Å². The molecule has 1 aromatic carbocycles. The van der Waals surface area contributed by atoms with Gasteiger partial charge in [0.15, 0.2) is 0 Å². The molecule has 0 bridgehead atoms. The van der Waals surface area contributed by atoms with Crippen LogP contribution in [0.2, 0.25) is 0 Å². The van der Waals surface area contributed by atoms with E-state index in [-0.39, 0.29) is 35.6 Å². The smallest absolute Gasteiger partial charge is 0 e. The van der Waals surface area contributed by atoms with Crippen LogP contribution in [0.25, 0.3) is 0 Å². The summed E-state index contributed by atoms with van der Waals surface area (Å²) in [5.41, 5.74) is 2.83. The first-order chi connectivity index (χ1) is 6.95. The monoisotopic (exact) mass is 313 g/mol. The zero-order chi connectivity index (χ0) is 9.64. The molecule has 0 aromatic heterocycles. The maximum absolute atomic E-state index is 3.35. The molecule has 3 heteroatoms. The fourth-order valence-electron chi connectivity index (χ4n) is 1.75. The van der Waals surface area contributed by atoms with Gasteiger partial charge in [0.05, 0.1) is 0 Å². The third-order valence-corrected chi connectivity index (χ3v) is 2.52. The molecule has 1 aliphatic rings. The molecular formula is C14H17F2Zr-. The van der Waals surface area contributed by atoms with Gasteiger partial charge in [0, 0.05) is 26.2 Å². The number of allylic oxidation sites excluding steroid dienone is 4. The van der Waals surface area contributed by atoms with Crippen molar-refractivity contribution in [3.05, 3.63) is 59.7 Å². The fraction of sp³-hybridized carbons (Fsp3) is 0.286. The van der Waals surface area contributed by atoms with Crippen LogP contribution >= 0.6 is 0 Å². The van der Waals surface area contributed by atoms with Gasteiger partial charge in [-0.25, -0.2) is 11.6 Å². The topological polar surface area (TPSA) is 0 Å². The number of aryl methyl sites for hydroxylation is 1. The van der Waals surface area contributed by atoms with Gasteiger partial charge in [-0.1, -0.05) is 36.8 Å². The second-order valence-corrected chi connectivity index (χ2v) is 3.65. The molecule has 0 atom stereocenters. The molecule has 0 radical (unpaired) electrons. The van der Waals surface area contributed by atoms with Crippen LogP contribution in [0.3, 0.4) is 0 Å². The molecule has 0 amide bonds. The molecule has 0 heterocycles. The SMILES string of the molecule is F.F.[C-]1=C(CCCc2ccccc2)C=CC1.[Zr]. The average molecular weight is 315 g/mol. The van der Waals surface area contributed by atoms with Crippen molar-refractivity contribution >= 4 is 0 Å². The average Bonchev–Trinajstić information content (AvgIpc) is 2.72. The minimum absolute atomic E-state index is 0. The van der Waals surface area contributed by atoms with E-state index in [9.17, 15) is 0 Å². The van der Waals surface area contributed by atoms with Crippen molar-refractivity contribution in [2.24, 2.45) is 0 Å². The molecule has 2 rings (SSSR count). The Morgan fingerprint density at radius 2 is 1.71 bits per heavy atom. The Balaban J connectivity index is 0. The standard InChI is InChI=1S/C14H15.2FH.Zr/c1-2-7-13(8-3-1)11-6-12-14-9-4-5-10-14;;;/h1-4,7-9H,5-6,11-12H2;2*1H;/q-1;;;. The van der Waals surface area contributed by atoms with E-state index in [0.717, 1.165) is 6.42 Å². The van der Waals surface area contributed by atoms with Crippen molar-refractivity contribution in [1.82, 2.24) is 0 Å². The first-order valence-corrected chi connectivity index (χ1v) is 5.25. The molecular weight excluding hydrogens is 297 g/mol. The summed E-state index contributed by atoms with van der Waals surface area (Å²) in [6.07, 6.45) is 12.3. The molecule has 0 unspecified atom stereocenters. The van der Waals surface area contributed by atoms with Crippen molar-refractivity contribution in [3.8, 4) is 0 Å². The van der Waals surface area contributed by atoms with Crippen LogP contribution in [0.15, 0.2) is 48.1 Å². The van der Waals surface area contributed by atoms with Gasteiger partial charge in [-0.3, -0.25) is 15.5 Å². The van der Waals surface area contributed by atoms with Crippen molar-refractivity contribution in [2.75, 3.05) is 0 Å². The Morgan fingerprint density at radius 3 is 2.29 bits per heavy atom. The van der Waals surface area contributed by atoms with Crippen LogP contribution in [-0.2, 0) is 32.6 Å². The van der Waals surface area contributed by atoms with Gasteiger partial charge in [-0.05, 0) is 18.4 Å². The number of benzene rings is 1. The van der Waals surface area contributed by atoms with E-state index in [2.05, 4.69) is 48.6 Å². The van der Waals surface area contributed by atoms with Crippen LogP contribution < -0.4 is 0 Å². The van der Waals surface area contributed by atoms with Crippen LogP contribution in [0.5, 0.6) is 0 Å². The van der Waals surface area contributed by atoms with E-state index < -0.39 is 0 Å². The van der Waals surface area contributed by atoms with E-state index >= 15 is 0 Å². The first-order valence-electron chi connectivity index (χ1n) is 5.25. The van der Waals surface area contributed by atoms with Crippen LogP contribution in [0.4, 0.5) is 9.41 Å². The van der Waals surface area contributed by atoms with Crippen LogP contribution in [-0.4, -0.2) is 0 Å². The third-order valence-electron chi connectivity index (χ3n) is 2.52. The summed E-state index contributed by atoms with van der Waals surface area (Å²) < 4.78 is 0. The van der Waals surface area contributed by atoms with E-state index in [1.807, 2.05) is 0 Å². The summed E-state index contributed by atoms with van der Waals surface area (Å²) in [5, 5.41) is 0. The van der Waals surface area contributed by atoms with E-state index in [4.69, 9.17) is 0 Å². The first kappa shape index (κ1) is 18.8. The third kappa shape index (κ3) is 6.68. The number of halogens is 2. The molecule has 0 N–H and O–H groups in total. The normalized spacial score (nSPS) is 11.9. The van der Waals surface area contributed by atoms with Crippen LogP contribution in [0.1, 0.15) is 24.8 Å². The molecule has 0 saturated carbocycles. The number of rotatable bonds is 4. The van der Waals surface area contributed by atoms with Gasteiger partial charge in [-0.15, -0.1) is 6.42 Å². The molecule has 1 aliphatic carbocycles. The van der Waals surface area contributed by atoms with Gasteiger partial charge >= 0.3 is 0 Å². The second kappa shape index (κ2) is 10.6. The fourth-order valence-corrected chi connectivity index (χ4v) is 1.75. The molecule has 17 heavy (non-hydrogen) atoms. The molecule has 0 spiro atoms. The Bertz CT molecular complexity index is 344. The molecule has 0 fully saturated rings. The predicted molar refractivity (Wildman–Crippen MR) is 64.9 cm³/mol. The second-order valence-electron chi connectivity index (χ2n) is 3.65. The Labute approximate surface area is 121 Å². The largest absolute Gasteiger partial charge is 0.269 e. The molecule has 92 valence electrons. The van der Waals surface area contributed by atoms with Gasteiger partial charge < -0.3 is 0 Å².